The Labute approximate surface area is 132 Å². The molecule has 5 heteroatoms. The molecule has 0 spiro atoms. The third-order valence-electron chi connectivity index (χ3n) is 2.94. The summed E-state index contributed by atoms with van der Waals surface area (Å²) >= 11 is 3.47. The SMILES string of the molecule is COc1ccc(NC(=O)CNc2ccc(C)cc2Br)cc1. The Bertz CT molecular complexity index is 627. The van der Waals surface area contributed by atoms with E-state index in [1.165, 1.54) is 0 Å². The van der Waals surface area contributed by atoms with E-state index in [0.29, 0.717) is 0 Å². The number of methoxy groups -OCH3 is 1. The van der Waals surface area contributed by atoms with Gasteiger partial charge in [0.1, 0.15) is 5.75 Å². The summed E-state index contributed by atoms with van der Waals surface area (Å²) in [5.74, 6) is 0.655. The molecule has 0 aromatic heterocycles. The second-order valence-corrected chi connectivity index (χ2v) is 5.47. The topological polar surface area (TPSA) is 50.4 Å². The minimum Gasteiger partial charge on any atom is -0.497 e. The molecule has 0 aliphatic rings. The third-order valence-corrected chi connectivity index (χ3v) is 3.59. The van der Waals surface area contributed by atoms with Gasteiger partial charge in [-0.2, -0.15) is 0 Å². The number of ether oxygens (including phenoxy) is 1. The molecule has 0 bridgehead atoms. The van der Waals surface area contributed by atoms with Crippen LogP contribution in [-0.4, -0.2) is 19.6 Å². The number of aryl methyl sites for hydroxylation is 1. The van der Waals surface area contributed by atoms with Crippen LogP contribution in [0.4, 0.5) is 11.4 Å². The van der Waals surface area contributed by atoms with E-state index < -0.39 is 0 Å². The highest BCUT2D eigenvalue weighted by Crippen LogP contribution is 2.23. The zero-order valence-corrected chi connectivity index (χ0v) is 13.5. The van der Waals surface area contributed by atoms with Crippen molar-refractivity contribution in [1.29, 1.82) is 0 Å². The van der Waals surface area contributed by atoms with Gasteiger partial charge in [0.2, 0.25) is 5.91 Å². The number of halogens is 1. The van der Waals surface area contributed by atoms with E-state index in [2.05, 4.69) is 26.6 Å². The van der Waals surface area contributed by atoms with E-state index in [-0.39, 0.29) is 12.5 Å². The van der Waals surface area contributed by atoms with Crippen molar-refractivity contribution < 1.29 is 9.53 Å². The van der Waals surface area contributed by atoms with E-state index in [4.69, 9.17) is 4.74 Å². The number of hydrogen-bond acceptors (Lipinski definition) is 3. The average Bonchev–Trinajstić information content (AvgIpc) is 2.47. The summed E-state index contributed by atoms with van der Waals surface area (Å²) < 4.78 is 6.02. The molecule has 0 heterocycles. The second kappa shape index (κ2) is 7.13. The first-order valence-electron chi connectivity index (χ1n) is 6.52. The van der Waals surface area contributed by atoms with Crippen molar-refractivity contribution >= 4 is 33.2 Å². The second-order valence-electron chi connectivity index (χ2n) is 4.61. The lowest BCUT2D eigenvalue weighted by Crippen LogP contribution is -2.21. The highest BCUT2D eigenvalue weighted by molar-refractivity contribution is 9.10. The van der Waals surface area contributed by atoms with Gasteiger partial charge in [0.05, 0.1) is 13.7 Å². The van der Waals surface area contributed by atoms with Crippen LogP contribution in [-0.2, 0) is 4.79 Å². The molecule has 0 fully saturated rings. The smallest absolute Gasteiger partial charge is 0.243 e. The first-order valence-corrected chi connectivity index (χ1v) is 7.31. The number of rotatable bonds is 5. The molecule has 2 aromatic rings. The van der Waals surface area contributed by atoms with Gasteiger partial charge in [-0.15, -0.1) is 0 Å². The molecule has 0 radical (unpaired) electrons. The minimum atomic E-state index is -0.104. The molecule has 2 aromatic carbocycles. The van der Waals surface area contributed by atoms with Crippen molar-refractivity contribution in [2.24, 2.45) is 0 Å². The van der Waals surface area contributed by atoms with Gasteiger partial charge in [0.25, 0.3) is 0 Å². The molecule has 0 atom stereocenters. The van der Waals surface area contributed by atoms with Gasteiger partial charge in [-0.3, -0.25) is 4.79 Å². The molecule has 110 valence electrons. The summed E-state index contributed by atoms with van der Waals surface area (Å²) in [6.45, 7) is 2.22. The van der Waals surface area contributed by atoms with Gasteiger partial charge < -0.3 is 15.4 Å². The largest absolute Gasteiger partial charge is 0.497 e. The van der Waals surface area contributed by atoms with Crippen LogP contribution in [0.25, 0.3) is 0 Å². The summed E-state index contributed by atoms with van der Waals surface area (Å²) in [5.41, 5.74) is 2.80. The molecular formula is C16H17BrN2O2. The molecule has 4 nitrogen and oxygen atoms in total. The number of amides is 1. The fourth-order valence-electron chi connectivity index (χ4n) is 1.82. The molecule has 0 unspecified atom stereocenters. The first kappa shape index (κ1) is 15.4. The fraction of sp³-hybridized carbons (Fsp3) is 0.188. The number of benzene rings is 2. The van der Waals surface area contributed by atoms with Crippen LogP contribution < -0.4 is 15.4 Å². The predicted molar refractivity (Wildman–Crippen MR) is 89.0 cm³/mol. The van der Waals surface area contributed by atoms with Crippen LogP contribution in [0.3, 0.4) is 0 Å². The summed E-state index contributed by atoms with van der Waals surface area (Å²) in [5, 5.41) is 5.92. The number of hydrogen-bond donors (Lipinski definition) is 2. The highest BCUT2D eigenvalue weighted by atomic mass is 79.9. The van der Waals surface area contributed by atoms with Crippen LogP contribution in [0.5, 0.6) is 5.75 Å². The molecule has 1 amide bonds. The van der Waals surface area contributed by atoms with Gasteiger partial charge in [0, 0.05) is 15.8 Å². The number of nitrogens with one attached hydrogen (secondary N) is 2. The molecular weight excluding hydrogens is 332 g/mol. The summed E-state index contributed by atoms with van der Waals surface area (Å²) in [4.78, 5) is 11.9. The zero-order chi connectivity index (χ0) is 15.2. The van der Waals surface area contributed by atoms with Crippen molar-refractivity contribution in [2.45, 2.75) is 6.92 Å². The summed E-state index contributed by atoms with van der Waals surface area (Å²) in [6, 6.07) is 13.2. The first-order chi connectivity index (χ1) is 10.1. The van der Waals surface area contributed by atoms with Crippen LogP contribution >= 0.6 is 15.9 Å². The fourth-order valence-corrected chi connectivity index (χ4v) is 2.45. The Kier molecular flexibility index (Phi) is 5.22. The maximum atomic E-state index is 11.9. The number of anilines is 2. The Hall–Kier alpha value is -2.01. The van der Waals surface area contributed by atoms with E-state index in [0.717, 1.165) is 27.2 Å². The van der Waals surface area contributed by atoms with Crippen molar-refractivity contribution in [1.82, 2.24) is 0 Å². The molecule has 0 aliphatic carbocycles. The quantitative estimate of drug-likeness (QED) is 0.863. The maximum Gasteiger partial charge on any atom is 0.243 e. The van der Waals surface area contributed by atoms with E-state index in [9.17, 15) is 4.79 Å². The van der Waals surface area contributed by atoms with Gasteiger partial charge in [-0.25, -0.2) is 0 Å². The van der Waals surface area contributed by atoms with Crippen LogP contribution in [0.15, 0.2) is 46.9 Å². The molecule has 0 saturated carbocycles. The molecule has 0 aliphatic heterocycles. The van der Waals surface area contributed by atoms with Crippen LogP contribution in [0.2, 0.25) is 0 Å². The summed E-state index contributed by atoms with van der Waals surface area (Å²) in [7, 11) is 1.61. The van der Waals surface area contributed by atoms with Gasteiger partial charge in [-0.1, -0.05) is 6.07 Å². The van der Waals surface area contributed by atoms with Crippen LogP contribution in [0, 0.1) is 6.92 Å². The van der Waals surface area contributed by atoms with Gasteiger partial charge >= 0.3 is 0 Å². The van der Waals surface area contributed by atoms with E-state index in [1.54, 1.807) is 31.4 Å². The lowest BCUT2D eigenvalue weighted by molar-refractivity contribution is -0.114. The molecule has 0 saturated heterocycles. The molecule has 2 N–H and O–H groups in total. The van der Waals surface area contributed by atoms with Crippen molar-refractivity contribution in [3.8, 4) is 5.75 Å². The van der Waals surface area contributed by atoms with Gasteiger partial charge in [0.15, 0.2) is 0 Å². The van der Waals surface area contributed by atoms with E-state index in [1.807, 2.05) is 25.1 Å². The minimum absolute atomic E-state index is 0.104. The predicted octanol–water partition coefficient (Wildman–Crippen LogP) is 3.82. The zero-order valence-electron chi connectivity index (χ0n) is 11.9. The Morgan fingerprint density at radius 2 is 1.90 bits per heavy atom. The Morgan fingerprint density at radius 3 is 2.52 bits per heavy atom. The van der Waals surface area contributed by atoms with Gasteiger partial charge in [-0.05, 0) is 64.8 Å². The maximum absolute atomic E-state index is 11.9. The summed E-state index contributed by atoms with van der Waals surface area (Å²) in [6.07, 6.45) is 0. The molecule has 21 heavy (non-hydrogen) atoms. The van der Waals surface area contributed by atoms with Crippen molar-refractivity contribution in [2.75, 3.05) is 24.3 Å². The monoisotopic (exact) mass is 348 g/mol. The average molecular weight is 349 g/mol. The normalized spacial score (nSPS) is 10.0. The third kappa shape index (κ3) is 4.49. The van der Waals surface area contributed by atoms with Crippen molar-refractivity contribution in [3.63, 3.8) is 0 Å². The Morgan fingerprint density at radius 1 is 1.19 bits per heavy atom. The van der Waals surface area contributed by atoms with Crippen LogP contribution in [0.1, 0.15) is 5.56 Å². The highest BCUT2D eigenvalue weighted by Gasteiger charge is 2.04. The number of carbonyl (C=O) groups is 1. The molecule has 2 rings (SSSR count). The van der Waals surface area contributed by atoms with Crippen molar-refractivity contribution in [3.05, 3.63) is 52.5 Å². The Balaban J connectivity index is 1.89. The van der Waals surface area contributed by atoms with E-state index >= 15 is 0 Å². The lowest BCUT2D eigenvalue weighted by Gasteiger charge is -2.10. The standard InChI is InChI=1S/C16H17BrN2O2/c1-11-3-8-15(14(17)9-11)18-10-16(20)19-12-4-6-13(21-2)7-5-12/h3-9,18H,10H2,1-2H3,(H,19,20). The lowest BCUT2D eigenvalue weighted by atomic mass is 10.2. The number of carbonyl (C=O) groups excluding carboxylic acids is 1.